The van der Waals surface area contributed by atoms with Crippen LogP contribution in [-0.2, 0) is 11.2 Å². The van der Waals surface area contributed by atoms with E-state index in [0.717, 1.165) is 18.4 Å². The second-order valence-electron chi connectivity index (χ2n) is 5.51. The Hall–Kier alpha value is -2.75. The van der Waals surface area contributed by atoms with Crippen molar-refractivity contribution in [2.45, 2.75) is 19.8 Å². The van der Waals surface area contributed by atoms with Crippen molar-refractivity contribution in [2.24, 2.45) is 0 Å². The summed E-state index contributed by atoms with van der Waals surface area (Å²) in [5.74, 6) is 0.567. The van der Waals surface area contributed by atoms with E-state index in [1.54, 1.807) is 12.1 Å². The van der Waals surface area contributed by atoms with Crippen molar-refractivity contribution in [2.75, 3.05) is 18.9 Å². The number of benzene rings is 2. The Kier molecular flexibility index (Phi) is 6.90. The standard InChI is InChI=1S/C20H24N2O2/c1-2-14-24-19-10-8-17(15-18(19)21)9-11-20(23)22-13-12-16-6-4-3-5-7-16/h3-11,15H,2,12-14,21H2,1H3,(H,22,23)/b11-9-. The molecule has 2 rings (SSSR count). The van der Waals surface area contributed by atoms with Gasteiger partial charge in [-0.3, -0.25) is 4.79 Å². The summed E-state index contributed by atoms with van der Waals surface area (Å²) in [6.45, 7) is 3.30. The Morgan fingerprint density at radius 3 is 2.71 bits per heavy atom. The van der Waals surface area contributed by atoms with Crippen molar-refractivity contribution in [3.63, 3.8) is 0 Å². The van der Waals surface area contributed by atoms with Crippen LogP contribution in [0.1, 0.15) is 24.5 Å². The SMILES string of the molecule is CCCOc1ccc(/C=C\C(=O)NCCc2ccccc2)cc1N. The lowest BCUT2D eigenvalue weighted by molar-refractivity contribution is -0.116. The van der Waals surface area contributed by atoms with Crippen LogP contribution in [-0.4, -0.2) is 19.1 Å². The average Bonchev–Trinajstić information content (AvgIpc) is 2.60. The molecule has 4 nitrogen and oxygen atoms in total. The number of hydrogen-bond acceptors (Lipinski definition) is 3. The molecule has 0 aromatic heterocycles. The van der Waals surface area contributed by atoms with E-state index >= 15 is 0 Å². The molecule has 0 heterocycles. The number of nitrogens with two attached hydrogens (primary N) is 1. The first-order chi connectivity index (χ1) is 11.7. The van der Waals surface area contributed by atoms with Crippen LogP contribution >= 0.6 is 0 Å². The third-order valence-electron chi connectivity index (χ3n) is 3.48. The van der Waals surface area contributed by atoms with Gasteiger partial charge in [-0.2, -0.15) is 0 Å². The highest BCUT2D eigenvalue weighted by Crippen LogP contribution is 2.23. The third kappa shape index (κ3) is 5.80. The average molecular weight is 324 g/mol. The zero-order valence-electron chi connectivity index (χ0n) is 14.0. The van der Waals surface area contributed by atoms with Crippen molar-refractivity contribution in [1.82, 2.24) is 5.32 Å². The van der Waals surface area contributed by atoms with E-state index in [0.29, 0.717) is 24.6 Å². The molecule has 3 N–H and O–H groups in total. The van der Waals surface area contributed by atoms with Crippen molar-refractivity contribution in [1.29, 1.82) is 0 Å². The fourth-order valence-electron chi connectivity index (χ4n) is 2.22. The normalized spacial score (nSPS) is 10.7. The molecule has 0 unspecified atom stereocenters. The minimum atomic E-state index is -0.115. The lowest BCUT2D eigenvalue weighted by Crippen LogP contribution is -2.23. The highest BCUT2D eigenvalue weighted by Gasteiger charge is 2.01. The molecule has 0 saturated carbocycles. The van der Waals surface area contributed by atoms with E-state index < -0.39 is 0 Å². The van der Waals surface area contributed by atoms with E-state index in [9.17, 15) is 4.79 Å². The van der Waals surface area contributed by atoms with E-state index in [4.69, 9.17) is 10.5 Å². The lowest BCUT2D eigenvalue weighted by Gasteiger charge is -2.08. The van der Waals surface area contributed by atoms with Gasteiger partial charge in [0, 0.05) is 12.6 Å². The molecule has 4 heteroatoms. The maximum atomic E-state index is 11.8. The van der Waals surface area contributed by atoms with Gasteiger partial charge in [0.15, 0.2) is 0 Å². The molecule has 126 valence electrons. The van der Waals surface area contributed by atoms with Crippen LogP contribution in [0.15, 0.2) is 54.6 Å². The van der Waals surface area contributed by atoms with E-state index in [1.165, 1.54) is 11.6 Å². The zero-order chi connectivity index (χ0) is 17.2. The summed E-state index contributed by atoms with van der Waals surface area (Å²) in [5.41, 5.74) is 8.61. The minimum Gasteiger partial charge on any atom is -0.491 e. The number of carbonyl (C=O) groups excluding carboxylic acids is 1. The van der Waals surface area contributed by atoms with Gasteiger partial charge in [-0.05, 0) is 42.2 Å². The van der Waals surface area contributed by atoms with Crippen LogP contribution in [0, 0.1) is 0 Å². The van der Waals surface area contributed by atoms with Gasteiger partial charge < -0.3 is 15.8 Å². The van der Waals surface area contributed by atoms with E-state index in [-0.39, 0.29) is 5.91 Å². The summed E-state index contributed by atoms with van der Waals surface area (Å²) in [7, 11) is 0. The van der Waals surface area contributed by atoms with Crippen LogP contribution in [0.3, 0.4) is 0 Å². The molecule has 0 aliphatic heterocycles. The Balaban J connectivity index is 1.81. The first-order valence-electron chi connectivity index (χ1n) is 8.21. The molecular formula is C20H24N2O2. The molecule has 0 saturated heterocycles. The second-order valence-corrected chi connectivity index (χ2v) is 5.51. The van der Waals surface area contributed by atoms with Gasteiger partial charge in [-0.1, -0.05) is 43.3 Å². The molecule has 2 aromatic carbocycles. The molecule has 1 amide bonds. The second kappa shape index (κ2) is 9.40. The number of amides is 1. The molecule has 2 aromatic rings. The molecular weight excluding hydrogens is 300 g/mol. The van der Waals surface area contributed by atoms with Crippen molar-refractivity contribution in [3.8, 4) is 5.75 Å². The van der Waals surface area contributed by atoms with Gasteiger partial charge in [0.05, 0.1) is 12.3 Å². The van der Waals surface area contributed by atoms with E-state index in [1.807, 2.05) is 49.4 Å². The van der Waals surface area contributed by atoms with Crippen LogP contribution < -0.4 is 15.8 Å². The summed E-state index contributed by atoms with van der Waals surface area (Å²) >= 11 is 0. The predicted octanol–water partition coefficient (Wildman–Crippen LogP) is 3.43. The van der Waals surface area contributed by atoms with Crippen LogP contribution in [0.4, 0.5) is 5.69 Å². The van der Waals surface area contributed by atoms with E-state index in [2.05, 4.69) is 5.32 Å². The van der Waals surface area contributed by atoms with Crippen molar-refractivity contribution >= 4 is 17.7 Å². The molecule has 0 atom stereocenters. The number of anilines is 1. The first kappa shape index (κ1) is 17.6. The van der Waals surface area contributed by atoms with Gasteiger partial charge in [-0.15, -0.1) is 0 Å². The predicted molar refractivity (Wildman–Crippen MR) is 98.8 cm³/mol. The largest absolute Gasteiger partial charge is 0.491 e. The molecule has 0 spiro atoms. The smallest absolute Gasteiger partial charge is 0.244 e. The third-order valence-corrected chi connectivity index (χ3v) is 3.48. The molecule has 0 radical (unpaired) electrons. The minimum absolute atomic E-state index is 0.115. The Bertz CT molecular complexity index is 681. The monoisotopic (exact) mass is 324 g/mol. The topological polar surface area (TPSA) is 64.3 Å². The zero-order valence-corrected chi connectivity index (χ0v) is 14.0. The van der Waals surface area contributed by atoms with Gasteiger partial charge >= 0.3 is 0 Å². The molecule has 0 bridgehead atoms. The number of rotatable bonds is 8. The van der Waals surface area contributed by atoms with Crippen LogP contribution in [0.25, 0.3) is 6.08 Å². The maximum Gasteiger partial charge on any atom is 0.244 e. The van der Waals surface area contributed by atoms with Gasteiger partial charge in [0.1, 0.15) is 5.75 Å². The quantitative estimate of drug-likeness (QED) is 0.577. The number of nitrogen functional groups attached to an aromatic ring is 1. The van der Waals surface area contributed by atoms with Gasteiger partial charge in [0.25, 0.3) is 0 Å². The maximum absolute atomic E-state index is 11.8. The van der Waals surface area contributed by atoms with Gasteiger partial charge in [0.2, 0.25) is 5.91 Å². The summed E-state index contributed by atoms with van der Waals surface area (Å²) in [5, 5.41) is 2.87. The summed E-state index contributed by atoms with van der Waals surface area (Å²) in [6, 6.07) is 15.6. The van der Waals surface area contributed by atoms with Crippen LogP contribution in [0.2, 0.25) is 0 Å². The fraction of sp³-hybridized carbons (Fsp3) is 0.250. The van der Waals surface area contributed by atoms with Crippen molar-refractivity contribution < 1.29 is 9.53 Å². The van der Waals surface area contributed by atoms with Gasteiger partial charge in [-0.25, -0.2) is 0 Å². The summed E-state index contributed by atoms with van der Waals surface area (Å²) in [4.78, 5) is 11.8. The van der Waals surface area contributed by atoms with Crippen LogP contribution in [0.5, 0.6) is 5.75 Å². The number of carbonyl (C=O) groups is 1. The fourth-order valence-corrected chi connectivity index (χ4v) is 2.22. The Morgan fingerprint density at radius 2 is 2.00 bits per heavy atom. The highest BCUT2D eigenvalue weighted by molar-refractivity contribution is 5.91. The number of hydrogen-bond donors (Lipinski definition) is 2. The number of ether oxygens (including phenoxy) is 1. The molecule has 24 heavy (non-hydrogen) atoms. The summed E-state index contributed by atoms with van der Waals surface area (Å²) < 4.78 is 5.53. The van der Waals surface area contributed by atoms with Crippen molar-refractivity contribution in [3.05, 3.63) is 65.7 Å². The Morgan fingerprint density at radius 1 is 1.21 bits per heavy atom. The number of nitrogens with one attached hydrogen (secondary N) is 1. The highest BCUT2D eigenvalue weighted by atomic mass is 16.5. The molecule has 0 fully saturated rings. The summed E-state index contributed by atoms with van der Waals surface area (Å²) in [6.07, 6.45) is 5.02. The molecule has 0 aliphatic rings. The first-order valence-corrected chi connectivity index (χ1v) is 8.21. The lowest BCUT2D eigenvalue weighted by atomic mass is 10.1. The Labute approximate surface area is 143 Å². The molecule has 0 aliphatic carbocycles.